The van der Waals surface area contributed by atoms with Crippen molar-refractivity contribution in [1.29, 1.82) is 0 Å². The van der Waals surface area contributed by atoms with E-state index in [0.29, 0.717) is 50.9 Å². The molecule has 3 aliphatic heterocycles. The number of aliphatic carboxylic acids is 1. The number of rotatable bonds is 4. The number of alkyl halides is 3. The summed E-state index contributed by atoms with van der Waals surface area (Å²) in [4.78, 5) is 29.3. The molecule has 0 radical (unpaired) electrons. The first-order valence-corrected chi connectivity index (χ1v) is 13.3. The normalized spacial score (nSPS) is 28.1. The van der Waals surface area contributed by atoms with Crippen molar-refractivity contribution in [3.63, 3.8) is 0 Å². The molecule has 0 spiro atoms. The Morgan fingerprint density at radius 1 is 1.05 bits per heavy atom. The minimum Gasteiger partial charge on any atom is -0.481 e. The molecule has 0 saturated carbocycles. The fraction of sp³-hybridized carbons (Fsp3) is 0.517. The molecule has 1 amide bonds. The first-order chi connectivity index (χ1) is 18.4. The van der Waals surface area contributed by atoms with E-state index in [1.54, 1.807) is 24.0 Å². The summed E-state index contributed by atoms with van der Waals surface area (Å²) >= 11 is 0. The molecule has 2 aromatic rings. The van der Waals surface area contributed by atoms with Crippen LogP contribution in [0.2, 0.25) is 0 Å². The van der Waals surface area contributed by atoms with Crippen LogP contribution in [0, 0.1) is 11.7 Å². The Labute approximate surface area is 224 Å². The second kappa shape index (κ2) is 10.5. The number of nitrogens with zero attached hydrogens (tertiary/aromatic N) is 2. The Kier molecular flexibility index (Phi) is 7.45. The van der Waals surface area contributed by atoms with Crippen LogP contribution < -0.4 is 0 Å². The highest BCUT2D eigenvalue weighted by Gasteiger charge is 2.45. The number of carbonyl (C=O) groups is 2. The van der Waals surface area contributed by atoms with Crippen molar-refractivity contribution in [2.45, 2.75) is 62.9 Å². The van der Waals surface area contributed by atoms with Crippen molar-refractivity contribution in [3.05, 3.63) is 70.5 Å². The van der Waals surface area contributed by atoms with Crippen LogP contribution in [0.25, 0.3) is 0 Å². The number of benzene rings is 2. The van der Waals surface area contributed by atoms with E-state index in [4.69, 9.17) is 4.74 Å². The molecule has 6 nitrogen and oxygen atoms in total. The number of carbonyl (C=O) groups excluding carboxylic acids is 1. The lowest BCUT2D eigenvalue weighted by Crippen LogP contribution is -2.57. The zero-order valence-electron chi connectivity index (χ0n) is 21.7. The summed E-state index contributed by atoms with van der Waals surface area (Å²) in [6.45, 7) is 3.51. The van der Waals surface area contributed by atoms with Crippen molar-refractivity contribution < 1.29 is 37.0 Å². The van der Waals surface area contributed by atoms with Gasteiger partial charge < -0.3 is 14.7 Å². The van der Waals surface area contributed by atoms with Crippen LogP contribution >= 0.6 is 0 Å². The molecule has 0 aliphatic carbocycles. The van der Waals surface area contributed by atoms with Crippen LogP contribution in [-0.4, -0.2) is 64.7 Å². The number of hydrogen-bond donors (Lipinski definition) is 1. The summed E-state index contributed by atoms with van der Waals surface area (Å²) < 4.78 is 59.1. The minimum absolute atomic E-state index is 0.0432. The van der Waals surface area contributed by atoms with Gasteiger partial charge in [-0.3, -0.25) is 14.5 Å². The van der Waals surface area contributed by atoms with Gasteiger partial charge in [-0.2, -0.15) is 13.2 Å². The molecule has 2 aromatic carbocycles. The summed E-state index contributed by atoms with van der Waals surface area (Å²) in [5.74, 6) is -2.35. The Morgan fingerprint density at radius 3 is 2.44 bits per heavy atom. The minimum atomic E-state index is -4.44. The van der Waals surface area contributed by atoms with Gasteiger partial charge in [-0.15, -0.1) is 0 Å². The van der Waals surface area contributed by atoms with E-state index >= 15 is 0 Å². The average Bonchev–Trinajstić information content (AvgIpc) is 2.92. The second-order valence-electron chi connectivity index (χ2n) is 11.1. The third-order valence-corrected chi connectivity index (χ3v) is 8.61. The van der Waals surface area contributed by atoms with Crippen molar-refractivity contribution in [1.82, 2.24) is 9.80 Å². The third kappa shape index (κ3) is 5.68. The number of ether oxygens (including phenoxy) is 1. The average molecular weight is 549 g/mol. The number of halogens is 4. The maximum absolute atomic E-state index is 13.5. The van der Waals surface area contributed by atoms with Crippen molar-refractivity contribution in [2.24, 2.45) is 5.92 Å². The largest absolute Gasteiger partial charge is 0.481 e. The zero-order chi connectivity index (χ0) is 27.9. The molecular weight excluding hydrogens is 516 g/mol. The van der Waals surface area contributed by atoms with E-state index in [1.165, 1.54) is 18.2 Å². The SMILES string of the molecule is C[C@]1(C(=O)N2CCc3ccc(C(F)(F)F)cc3C2)CC[C@@H](N2CC[C@@H](c3ccc(F)cc3)[C@H](C(=O)O)C2)CO1. The zero-order valence-corrected chi connectivity index (χ0v) is 21.7. The summed E-state index contributed by atoms with van der Waals surface area (Å²) in [5.41, 5.74) is 0.325. The molecule has 0 bridgehead atoms. The van der Waals surface area contributed by atoms with E-state index in [1.807, 2.05) is 0 Å². The summed E-state index contributed by atoms with van der Waals surface area (Å²) in [7, 11) is 0. The first-order valence-electron chi connectivity index (χ1n) is 13.3. The molecule has 0 aromatic heterocycles. The standard InChI is InChI=1S/C29H32F4N2O4/c1-28(27(38)35-12-9-18-2-5-21(29(31,32)33)14-20(18)15-35)11-8-23(17-39-28)34-13-10-24(25(16-34)26(36)37)19-3-6-22(30)7-4-19/h2-7,14,23-25H,8-13,15-17H2,1H3,(H,36,37)/t23-,24+,25-,28-/m1/s1. The summed E-state index contributed by atoms with van der Waals surface area (Å²) in [5, 5.41) is 9.93. The van der Waals surface area contributed by atoms with Gasteiger partial charge in [0.05, 0.1) is 18.1 Å². The predicted molar refractivity (Wildman–Crippen MR) is 134 cm³/mol. The van der Waals surface area contributed by atoms with Crippen LogP contribution in [0.3, 0.4) is 0 Å². The van der Waals surface area contributed by atoms with E-state index in [9.17, 15) is 32.3 Å². The molecular formula is C29H32F4N2O4. The van der Waals surface area contributed by atoms with E-state index in [2.05, 4.69) is 4.90 Å². The summed E-state index contributed by atoms with van der Waals surface area (Å²) in [6.07, 6.45) is -2.28. The highest BCUT2D eigenvalue weighted by atomic mass is 19.4. The molecule has 2 saturated heterocycles. The molecule has 5 rings (SSSR count). The molecule has 4 atom stereocenters. The van der Waals surface area contributed by atoms with Gasteiger partial charge in [-0.05, 0) is 86.0 Å². The molecule has 0 unspecified atom stereocenters. The Morgan fingerprint density at radius 2 is 1.79 bits per heavy atom. The van der Waals surface area contributed by atoms with Gasteiger partial charge in [0.2, 0.25) is 0 Å². The van der Waals surface area contributed by atoms with Crippen molar-refractivity contribution in [2.75, 3.05) is 26.2 Å². The third-order valence-electron chi connectivity index (χ3n) is 8.61. The van der Waals surface area contributed by atoms with Crippen molar-refractivity contribution >= 4 is 11.9 Å². The van der Waals surface area contributed by atoms with Gasteiger partial charge in [0.15, 0.2) is 0 Å². The number of piperidine rings is 1. The fourth-order valence-electron chi connectivity index (χ4n) is 6.24. The predicted octanol–water partition coefficient (Wildman–Crippen LogP) is 4.86. The Bertz CT molecular complexity index is 1220. The number of amides is 1. The van der Waals surface area contributed by atoms with Crippen LogP contribution in [0.1, 0.15) is 54.4 Å². The number of fused-ring (bicyclic) bond motifs is 1. The van der Waals surface area contributed by atoms with Gasteiger partial charge in [0.1, 0.15) is 11.4 Å². The lowest BCUT2D eigenvalue weighted by atomic mass is 9.79. The Hall–Kier alpha value is -2.98. The molecule has 10 heteroatoms. The van der Waals surface area contributed by atoms with E-state index in [0.717, 1.165) is 23.3 Å². The Balaban J connectivity index is 1.21. The topological polar surface area (TPSA) is 70.1 Å². The number of likely N-dealkylation sites (tertiary alicyclic amines) is 1. The van der Waals surface area contributed by atoms with Crippen molar-refractivity contribution in [3.8, 4) is 0 Å². The van der Waals surface area contributed by atoms with Gasteiger partial charge in [-0.1, -0.05) is 18.2 Å². The van der Waals surface area contributed by atoms with Crippen LogP contribution in [0.5, 0.6) is 0 Å². The second-order valence-corrected chi connectivity index (χ2v) is 11.1. The molecule has 2 fully saturated rings. The van der Waals surface area contributed by atoms with Gasteiger partial charge in [-0.25, -0.2) is 4.39 Å². The van der Waals surface area contributed by atoms with Crippen LogP contribution in [0.15, 0.2) is 42.5 Å². The number of carboxylic acids is 1. The highest BCUT2D eigenvalue weighted by Crippen LogP contribution is 2.38. The lowest BCUT2D eigenvalue weighted by molar-refractivity contribution is -0.169. The molecule has 3 aliphatic rings. The van der Waals surface area contributed by atoms with Gasteiger partial charge in [0.25, 0.3) is 5.91 Å². The molecule has 39 heavy (non-hydrogen) atoms. The van der Waals surface area contributed by atoms with Gasteiger partial charge in [0, 0.05) is 25.7 Å². The first kappa shape index (κ1) is 27.6. The van der Waals surface area contributed by atoms with Gasteiger partial charge >= 0.3 is 12.1 Å². The monoisotopic (exact) mass is 548 g/mol. The number of carboxylic acid groups (broad SMARTS) is 1. The summed E-state index contributed by atoms with van der Waals surface area (Å²) in [6, 6.07) is 9.66. The van der Waals surface area contributed by atoms with Crippen LogP contribution in [0.4, 0.5) is 17.6 Å². The van der Waals surface area contributed by atoms with E-state index < -0.39 is 29.2 Å². The quantitative estimate of drug-likeness (QED) is 0.553. The maximum Gasteiger partial charge on any atom is 0.416 e. The molecule has 1 N–H and O–H groups in total. The lowest BCUT2D eigenvalue weighted by Gasteiger charge is -2.46. The molecule has 210 valence electrons. The molecule has 3 heterocycles. The number of hydrogen-bond acceptors (Lipinski definition) is 4. The fourth-order valence-corrected chi connectivity index (χ4v) is 6.24. The smallest absolute Gasteiger partial charge is 0.416 e. The van der Waals surface area contributed by atoms with E-state index in [-0.39, 0.29) is 36.8 Å². The highest BCUT2D eigenvalue weighted by molar-refractivity contribution is 5.85. The maximum atomic E-state index is 13.5. The van der Waals surface area contributed by atoms with Crippen LogP contribution in [-0.2, 0) is 33.5 Å².